The van der Waals surface area contributed by atoms with Gasteiger partial charge in [0.15, 0.2) is 0 Å². The summed E-state index contributed by atoms with van der Waals surface area (Å²) in [5.41, 5.74) is 2.02. The zero-order valence-corrected chi connectivity index (χ0v) is 20.5. The van der Waals surface area contributed by atoms with Crippen molar-refractivity contribution >= 4 is 23.2 Å². The summed E-state index contributed by atoms with van der Waals surface area (Å²) < 4.78 is 0. The standard InChI is InChI=1S/C27H45N3O2/c1-3-5-7-9-11-12-14-26(31)28-24-16-18-25(19-17-24)29-20-22-30(23-21-29)27(32)15-13-10-8-6-4-2/h16-19H,3-15,20-23H2,1-2H3,(H,28,31). The van der Waals surface area contributed by atoms with E-state index in [1.807, 2.05) is 17.0 Å². The van der Waals surface area contributed by atoms with Crippen molar-refractivity contribution in [2.45, 2.75) is 97.3 Å². The smallest absolute Gasteiger partial charge is 0.224 e. The normalized spacial score (nSPS) is 13.9. The van der Waals surface area contributed by atoms with Gasteiger partial charge < -0.3 is 15.1 Å². The second-order valence-electron chi connectivity index (χ2n) is 9.14. The monoisotopic (exact) mass is 443 g/mol. The molecule has 1 aromatic carbocycles. The van der Waals surface area contributed by atoms with Crippen LogP contribution in [0.4, 0.5) is 11.4 Å². The zero-order valence-electron chi connectivity index (χ0n) is 20.5. The van der Waals surface area contributed by atoms with Gasteiger partial charge in [-0.05, 0) is 37.1 Å². The molecule has 0 atom stereocenters. The molecular formula is C27H45N3O2. The highest BCUT2D eigenvalue weighted by Crippen LogP contribution is 2.20. The van der Waals surface area contributed by atoms with Crippen LogP contribution in [0.15, 0.2) is 24.3 Å². The third-order valence-corrected chi connectivity index (χ3v) is 6.40. The molecule has 1 aromatic rings. The van der Waals surface area contributed by atoms with Crippen LogP contribution < -0.4 is 10.2 Å². The number of piperazine rings is 1. The summed E-state index contributed by atoms with van der Waals surface area (Å²) in [7, 11) is 0. The molecule has 1 heterocycles. The molecule has 2 amide bonds. The summed E-state index contributed by atoms with van der Waals surface area (Å²) in [6.07, 6.45) is 14.4. The second kappa shape index (κ2) is 15.7. The minimum atomic E-state index is 0.107. The van der Waals surface area contributed by atoms with Crippen molar-refractivity contribution in [2.75, 3.05) is 36.4 Å². The van der Waals surface area contributed by atoms with Gasteiger partial charge in [-0.25, -0.2) is 0 Å². The third-order valence-electron chi connectivity index (χ3n) is 6.40. The van der Waals surface area contributed by atoms with Gasteiger partial charge in [0.25, 0.3) is 0 Å². The number of unbranched alkanes of at least 4 members (excludes halogenated alkanes) is 9. The molecule has 1 aliphatic heterocycles. The molecule has 0 bridgehead atoms. The molecule has 180 valence electrons. The Bertz CT molecular complexity index is 651. The fraction of sp³-hybridized carbons (Fsp3) is 0.704. The van der Waals surface area contributed by atoms with Crippen molar-refractivity contribution < 1.29 is 9.59 Å². The summed E-state index contributed by atoms with van der Waals surface area (Å²) >= 11 is 0. The Balaban J connectivity index is 1.65. The quantitative estimate of drug-likeness (QED) is 0.320. The van der Waals surface area contributed by atoms with Crippen LogP contribution in [0, 0.1) is 0 Å². The van der Waals surface area contributed by atoms with Crippen LogP contribution in [0.1, 0.15) is 97.3 Å². The molecule has 1 aliphatic rings. The van der Waals surface area contributed by atoms with Crippen molar-refractivity contribution in [3.63, 3.8) is 0 Å². The predicted molar refractivity (Wildman–Crippen MR) is 135 cm³/mol. The Kier molecular flexibility index (Phi) is 12.9. The Morgan fingerprint density at radius 2 is 1.25 bits per heavy atom. The van der Waals surface area contributed by atoms with E-state index in [2.05, 4.69) is 36.2 Å². The zero-order chi connectivity index (χ0) is 23.0. The molecule has 2 rings (SSSR count). The first kappa shape index (κ1) is 26.2. The van der Waals surface area contributed by atoms with Gasteiger partial charge in [-0.3, -0.25) is 9.59 Å². The highest BCUT2D eigenvalue weighted by Gasteiger charge is 2.20. The van der Waals surface area contributed by atoms with Gasteiger partial charge in [0.05, 0.1) is 0 Å². The third kappa shape index (κ3) is 10.1. The summed E-state index contributed by atoms with van der Waals surface area (Å²) in [5.74, 6) is 0.416. The Morgan fingerprint density at radius 1 is 0.719 bits per heavy atom. The number of nitrogens with zero attached hydrogens (tertiary/aromatic N) is 2. The van der Waals surface area contributed by atoms with Gasteiger partial charge in [0.1, 0.15) is 0 Å². The number of rotatable bonds is 15. The molecule has 0 unspecified atom stereocenters. The predicted octanol–water partition coefficient (Wildman–Crippen LogP) is 6.38. The van der Waals surface area contributed by atoms with Gasteiger partial charge in [-0.2, -0.15) is 0 Å². The first-order chi connectivity index (χ1) is 15.6. The summed E-state index contributed by atoms with van der Waals surface area (Å²) in [5, 5.41) is 3.02. The molecule has 5 heteroatoms. The Labute approximate surface area is 195 Å². The maximum absolute atomic E-state index is 12.4. The van der Waals surface area contributed by atoms with Crippen molar-refractivity contribution in [3.8, 4) is 0 Å². The highest BCUT2D eigenvalue weighted by atomic mass is 16.2. The first-order valence-electron chi connectivity index (χ1n) is 13.1. The number of anilines is 2. The minimum Gasteiger partial charge on any atom is -0.368 e. The summed E-state index contributed by atoms with van der Waals surface area (Å²) in [6, 6.07) is 8.13. The number of carbonyl (C=O) groups excluding carboxylic acids is 2. The van der Waals surface area contributed by atoms with Crippen LogP contribution in [0.3, 0.4) is 0 Å². The van der Waals surface area contributed by atoms with Crippen LogP contribution in [0.25, 0.3) is 0 Å². The maximum atomic E-state index is 12.4. The molecule has 1 saturated heterocycles. The number of benzene rings is 1. The first-order valence-corrected chi connectivity index (χ1v) is 13.1. The van der Waals surface area contributed by atoms with E-state index in [1.54, 1.807) is 0 Å². The van der Waals surface area contributed by atoms with Crippen molar-refractivity contribution in [1.82, 2.24) is 4.90 Å². The highest BCUT2D eigenvalue weighted by molar-refractivity contribution is 5.90. The lowest BCUT2D eigenvalue weighted by Crippen LogP contribution is -2.48. The maximum Gasteiger partial charge on any atom is 0.224 e. The summed E-state index contributed by atoms with van der Waals surface area (Å²) in [6.45, 7) is 7.76. The molecule has 0 saturated carbocycles. The van der Waals surface area contributed by atoms with Crippen LogP contribution in [-0.2, 0) is 9.59 Å². The Hall–Kier alpha value is -2.04. The lowest BCUT2D eigenvalue weighted by Gasteiger charge is -2.36. The van der Waals surface area contributed by atoms with Crippen molar-refractivity contribution in [3.05, 3.63) is 24.3 Å². The number of nitrogens with one attached hydrogen (secondary N) is 1. The van der Waals surface area contributed by atoms with Gasteiger partial charge in [0, 0.05) is 50.4 Å². The fourth-order valence-electron chi connectivity index (χ4n) is 4.30. The number of hydrogen-bond acceptors (Lipinski definition) is 3. The second-order valence-corrected chi connectivity index (χ2v) is 9.14. The number of amides is 2. The average molecular weight is 444 g/mol. The van der Waals surface area contributed by atoms with E-state index < -0.39 is 0 Å². The molecule has 0 radical (unpaired) electrons. The van der Waals surface area contributed by atoms with E-state index in [-0.39, 0.29) is 5.91 Å². The van der Waals surface area contributed by atoms with E-state index in [4.69, 9.17) is 0 Å². The molecule has 1 N–H and O–H groups in total. The average Bonchev–Trinajstić information content (AvgIpc) is 2.81. The van der Waals surface area contributed by atoms with Crippen molar-refractivity contribution in [1.29, 1.82) is 0 Å². The number of hydrogen-bond donors (Lipinski definition) is 1. The van der Waals surface area contributed by atoms with Crippen LogP contribution >= 0.6 is 0 Å². The van der Waals surface area contributed by atoms with Gasteiger partial charge >= 0.3 is 0 Å². The van der Waals surface area contributed by atoms with E-state index in [1.165, 1.54) is 51.4 Å². The number of carbonyl (C=O) groups is 2. The Morgan fingerprint density at radius 3 is 1.84 bits per heavy atom. The SMILES string of the molecule is CCCCCCCCC(=O)Nc1ccc(N2CCN(C(=O)CCCCCCC)CC2)cc1. The van der Waals surface area contributed by atoms with Gasteiger partial charge in [0.2, 0.25) is 11.8 Å². The lowest BCUT2D eigenvalue weighted by atomic mass is 10.1. The van der Waals surface area contributed by atoms with E-state index >= 15 is 0 Å². The largest absolute Gasteiger partial charge is 0.368 e. The fourth-order valence-corrected chi connectivity index (χ4v) is 4.30. The molecular weight excluding hydrogens is 398 g/mol. The molecule has 5 nitrogen and oxygen atoms in total. The molecule has 32 heavy (non-hydrogen) atoms. The minimum absolute atomic E-state index is 0.107. The lowest BCUT2D eigenvalue weighted by molar-refractivity contribution is -0.131. The van der Waals surface area contributed by atoms with E-state index in [0.717, 1.165) is 56.8 Å². The van der Waals surface area contributed by atoms with Crippen LogP contribution in [-0.4, -0.2) is 42.9 Å². The molecule has 0 spiro atoms. The topological polar surface area (TPSA) is 52.7 Å². The van der Waals surface area contributed by atoms with Gasteiger partial charge in [-0.15, -0.1) is 0 Å². The van der Waals surface area contributed by atoms with Crippen LogP contribution in [0.2, 0.25) is 0 Å². The summed E-state index contributed by atoms with van der Waals surface area (Å²) in [4.78, 5) is 28.9. The van der Waals surface area contributed by atoms with Crippen LogP contribution in [0.5, 0.6) is 0 Å². The van der Waals surface area contributed by atoms with E-state index in [9.17, 15) is 9.59 Å². The van der Waals surface area contributed by atoms with Gasteiger partial charge in [-0.1, -0.05) is 71.6 Å². The molecule has 0 aliphatic carbocycles. The molecule has 1 fully saturated rings. The molecule has 0 aromatic heterocycles. The van der Waals surface area contributed by atoms with E-state index in [0.29, 0.717) is 18.7 Å². The van der Waals surface area contributed by atoms with Crippen molar-refractivity contribution in [2.24, 2.45) is 0 Å².